The molecule has 2 N–H and O–H groups in total. The summed E-state index contributed by atoms with van der Waals surface area (Å²) in [6, 6.07) is 4.30. The third kappa shape index (κ3) is 2.83. The molecule has 16 heavy (non-hydrogen) atoms. The van der Waals surface area contributed by atoms with Gasteiger partial charge in [0.1, 0.15) is 17.3 Å². The average molecular weight is 244 g/mol. The first-order chi connectivity index (χ1) is 7.58. The minimum absolute atomic E-state index is 0.0170. The van der Waals surface area contributed by atoms with E-state index in [4.69, 9.17) is 22.1 Å². The van der Waals surface area contributed by atoms with Crippen molar-refractivity contribution < 1.29 is 9.66 Å². The van der Waals surface area contributed by atoms with Gasteiger partial charge >= 0.3 is 0 Å². The molecule has 0 aliphatic rings. The standard InChI is InChI=1S/C9H10ClN3O3/c1-16-6-2-3-7(12-9(11)5-10)8(4-6)13(14)15/h2-4H,5H2,1H3,(H2,11,12). The van der Waals surface area contributed by atoms with Crippen molar-refractivity contribution in [1.29, 1.82) is 0 Å². The molecule has 1 aromatic carbocycles. The van der Waals surface area contributed by atoms with Gasteiger partial charge in [0.05, 0.1) is 24.0 Å². The first kappa shape index (κ1) is 12.3. The second kappa shape index (κ2) is 5.32. The van der Waals surface area contributed by atoms with Crippen LogP contribution in [0, 0.1) is 10.1 Å². The molecule has 0 aliphatic heterocycles. The largest absolute Gasteiger partial charge is 0.496 e. The number of rotatable bonds is 4. The zero-order valence-corrected chi connectivity index (χ0v) is 9.27. The number of amidine groups is 1. The number of aliphatic imine (C=N–C) groups is 1. The topological polar surface area (TPSA) is 90.8 Å². The van der Waals surface area contributed by atoms with Crippen molar-refractivity contribution in [2.45, 2.75) is 0 Å². The molecular formula is C9H10ClN3O3. The predicted molar refractivity (Wildman–Crippen MR) is 61.7 cm³/mol. The third-order valence-corrected chi connectivity index (χ3v) is 2.05. The molecule has 0 unspecified atom stereocenters. The summed E-state index contributed by atoms with van der Waals surface area (Å²) in [4.78, 5) is 14.1. The van der Waals surface area contributed by atoms with E-state index in [1.165, 1.54) is 19.2 Å². The molecule has 0 heterocycles. The number of nitro benzene ring substituents is 1. The van der Waals surface area contributed by atoms with Gasteiger partial charge in [-0.25, -0.2) is 4.99 Å². The lowest BCUT2D eigenvalue weighted by molar-refractivity contribution is -0.384. The Morgan fingerprint density at radius 3 is 2.88 bits per heavy atom. The molecule has 86 valence electrons. The summed E-state index contributed by atoms with van der Waals surface area (Å²) in [5.41, 5.74) is 5.39. The van der Waals surface area contributed by atoms with Crippen LogP contribution in [0.4, 0.5) is 11.4 Å². The lowest BCUT2D eigenvalue weighted by Gasteiger charge is -2.02. The minimum Gasteiger partial charge on any atom is -0.496 e. The molecule has 0 fully saturated rings. The van der Waals surface area contributed by atoms with Crippen molar-refractivity contribution >= 4 is 28.8 Å². The molecule has 0 amide bonds. The molecule has 1 aromatic rings. The number of hydrogen-bond donors (Lipinski definition) is 1. The van der Waals surface area contributed by atoms with Gasteiger partial charge in [-0.15, -0.1) is 11.6 Å². The van der Waals surface area contributed by atoms with E-state index in [1.54, 1.807) is 6.07 Å². The van der Waals surface area contributed by atoms with E-state index in [0.717, 1.165) is 0 Å². The van der Waals surface area contributed by atoms with Crippen molar-refractivity contribution in [3.8, 4) is 5.75 Å². The highest BCUT2D eigenvalue weighted by Crippen LogP contribution is 2.31. The maximum atomic E-state index is 10.8. The fraction of sp³-hybridized carbons (Fsp3) is 0.222. The van der Waals surface area contributed by atoms with Crippen LogP contribution in [0.3, 0.4) is 0 Å². The molecule has 0 spiro atoms. The summed E-state index contributed by atoms with van der Waals surface area (Å²) < 4.78 is 4.88. The summed E-state index contributed by atoms with van der Waals surface area (Å²) in [6.07, 6.45) is 0. The van der Waals surface area contributed by atoms with Crippen LogP contribution in [0.25, 0.3) is 0 Å². The molecule has 6 nitrogen and oxygen atoms in total. The normalized spacial score (nSPS) is 11.2. The first-order valence-electron chi connectivity index (χ1n) is 4.30. The minimum atomic E-state index is -0.553. The Labute approximate surface area is 96.8 Å². The predicted octanol–water partition coefficient (Wildman–Crippen LogP) is 1.83. The van der Waals surface area contributed by atoms with Crippen molar-refractivity contribution in [3.63, 3.8) is 0 Å². The van der Waals surface area contributed by atoms with Crippen LogP contribution in [0.5, 0.6) is 5.75 Å². The SMILES string of the molecule is COc1ccc(N=C(N)CCl)c([N+](=O)[O-])c1. The van der Waals surface area contributed by atoms with Gasteiger partial charge in [-0.3, -0.25) is 10.1 Å². The Balaban J connectivity index is 3.23. The summed E-state index contributed by atoms with van der Waals surface area (Å²) >= 11 is 5.44. The van der Waals surface area contributed by atoms with Crippen LogP contribution in [0.1, 0.15) is 0 Å². The fourth-order valence-electron chi connectivity index (χ4n) is 1.06. The van der Waals surface area contributed by atoms with Crippen LogP contribution in [0.15, 0.2) is 23.2 Å². The molecular weight excluding hydrogens is 234 g/mol. The van der Waals surface area contributed by atoms with E-state index >= 15 is 0 Å². The maximum absolute atomic E-state index is 10.8. The van der Waals surface area contributed by atoms with E-state index in [2.05, 4.69) is 4.99 Å². The molecule has 0 aliphatic carbocycles. The van der Waals surface area contributed by atoms with Gasteiger partial charge in [0, 0.05) is 0 Å². The van der Waals surface area contributed by atoms with Crippen LogP contribution >= 0.6 is 11.6 Å². The van der Waals surface area contributed by atoms with Gasteiger partial charge in [0.25, 0.3) is 5.69 Å². The molecule has 0 atom stereocenters. The smallest absolute Gasteiger partial charge is 0.298 e. The van der Waals surface area contributed by atoms with E-state index in [1.807, 2.05) is 0 Å². The van der Waals surface area contributed by atoms with Gasteiger partial charge < -0.3 is 10.5 Å². The van der Waals surface area contributed by atoms with E-state index in [9.17, 15) is 10.1 Å². The number of alkyl halides is 1. The number of nitro groups is 1. The molecule has 1 rings (SSSR count). The highest BCUT2D eigenvalue weighted by Gasteiger charge is 2.14. The van der Waals surface area contributed by atoms with Gasteiger partial charge in [-0.05, 0) is 12.1 Å². The zero-order chi connectivity index (χ0) is 12.1. The number of methoxy groups -OCH3 is 1. The maximum Gasteiger partial charge on any atom is 0.298 e. The molecule has 0 saturated heterocycles. The van der Waals surface area contributed by atoms with Crippen LogP contribution < -0.4 is 10.5 Å². The van der Waals surface area contributed by atoms with Gasteiger partial charge in [0.15, 0.2) is 0 Å². The summed E-state index contributed by atoms with van der Waals surface area (Å²) in [7, 11) is 1.43. The highest BCUT2D eigenvalue weighted by molar-refractivity contribution is 6.28. The number of nitrogens with two attached hydrogens (primary N) is 1. The fourth-order valence-corrected chi connectivity index (χ4v) is 1.12. The lowest BCUT2D eigenvalue weighted by Crippen LogP contribution is -2.12. The van der Waals surface area contributed by atoms with Crippen molar-refractivity contribution in [1.82, 2.24) is 0 Å². The highest BCUT2D eigenvalue weighted by atomic mass is 35.5. The molecule has 0 radical (unpaired) electrons. The van der Waals surface area contributed by atoms with Crippen molar-refractivity contribution in [2.75, 3.05) is 13.0 Å². The van der Waals surface area contributed by atoms with E-state index in [0.29, 0.717) is 5.75 Å². The quantitative estimate of drug-likeness (QED) is 0.287. The first-order valence-corrected chi connectivity index (χ1v) is 4.83. The number of nitrogens with zero attached hydrogens (tertiary/aromatic N) is 2. The number of halogens is 1. The Morgan fingerprint density at radius 2 is 2.38 bits per heavy atom. The lowest BCUT2D eigenvalue weighted by atomic mass is 10.2. The Kier molecular flexibility index (Phi) is 4.07. The van der Waals surface area contributed by atoms with Crippen molar-refractivity contribution in [3.05, 3.63) is 28.3 Å². The van der Waals surface area contributed by atoms with Crippen LogP contribution in [-0.4, -0.2) is 23.7 Å². The number of hydrogen-bond acceptors (Lipinski definition) is 4. The van der Waals surface area contributed by atoms with Gasteiger partial charge in [-0.2, -0.15) is 0 Å². The zero-order valence-electron chi connectivity index (χ0n) is 8.51. The monoisotopic (exact) mass is 243 g/mol. The summed E-state index contributed by atoms with van der Waals surface area (Å²) in [5.74, 6) is 0.522. The second-order valence-corrected chi connectivity index (χ2v) is 3.12. The number of ether oxygens (including phenoxy) is 1. The Bertz CT molecular complexity index is 434. The Hall–Kier alpha value is -1.82. The molecule has 0 saturated carbocycles. The van der Waals surface area contributed by atoms with E-state index < -0.39 is 4.92 Å². The third-order valence-electron chi connectivity index (χ3n) is 1.78. The van der Waals surface area contributed by atoms with E-state index in [-0.39, 0.29) is 23.1 Å². The van der Waals surface area contributed by atoms with Gasteiger partial charge in [-0.1, -0.05) is 0 Å². The Morgan fingerprint density at radius 1 is 1.69 bits per heavy atom. The van der Waals surface area contributed by atoms with Crippen molar-refractivity contribution in [2.24, 2.45) is 10.7 Å². The molecule has 0 aromatic heterocycles. The molecule has 7 heteroatoms. The number of benzene rings is 1. The van der Waals surface area contributed by atoms with Gasteiger partial charge in [0.2, 0.25) is 0 Å². The van der Waals surface area contributed by atoms with Crippen LogP contribution in [0.2, 0.25) is 0 Å². The summed E-state index contributed by atoms with van der Waals surface area (Å²) in [6.45, 7) is 0. The second-order valence-electron chi connectivity index (χ2n) is 2.85. The summed E-state index contributed by atoms with van der Waals surface area (Å²) in [5, 5.41) is 10.8. The average Bonchev–Trinajstić information content (AvgIpc) is 2.29. The van der Waals surface area contributed by atoms with Crippen LogP contribution in [-0.2, 0) is 0 Å². The molecule has 0 bridgehead atoms.